The normalized spacial score (nSPS) is 12.1. The Morgan fingerprint density at radius 3 is 2.89 bits per heavy atom. The third kappa shape index (κ3) is 3.85. The highest BCUT2D eigenvalue weighted by Crippen LogP contribution is 2.19. The van der Waals surface area contributed by atoms with Gasteiger partial charge in [0.05, 0.1) is 16.7 Å². The van der Waals surface area contributed by atoms with Gasteiger partial charge in [0.1, 0.15) is 5.82 Å². The molecule has 1 aromatic rings. The molecule has 1 aromatic heterocycles. The zero-order chi connectivity index (χ0) is 13.7. The van der Waals surface area contributed by atoms with E-state index in [1.165, 1.54) is 11.1 Å². The fraction of sp³-hybridized carbons (Fsp3) is 0.500. The molecule has 0 aliphatic heterocycles. The Morgan fingerprint density at radius 1 is 1.67 bits per heavy atom. The molecule has 0 fully saturated rings. The number of aliphatic hydroxyl groups excluding tert-OH is 1. The number of amides is 1. The van der Waals surface area contributed by atoms with Crippen molar-refractivity contribution in [1.82, 2.24) is 9.88 Å². The van der Waals surface area contributed by atoms with Crippen molar-refractivity contribution in [2.45, 2.75) is 20.0 Å². The highest BCUT2D eigenvalue weighted by Gasteiger charge is 2.17. The molecule has 6 heteroatoms. The van der Waals surface area contributed by atoms with Crippen LogP contribution in [0, 0.1) is 0 Å². The van der Waals surface area contributed by atoms with Crippen LogP contribution >= 0.6 is 11.6 Å². The number of carbonyl (C=O) groups is 1. The van der Waals surface area contributed by atoms with Crippen molar-refractivity contribution in [1.29, 1.82) is 0 Å². The van der Waals surface area contributed by atoms with Gasteiger partial charge in [-0.1, -0.05) is 11.6 Å². The van der Waals surface area contributed by atoms with E-state index in [9.17, 15) is 9.90 Å². The first kappa shape index (κ1) is 14.7. The summed E-state index contributed by atoms with van der Waals surface area (Å²) < 4.78 is 0. The van der Waals surface area contributed by atoms with Crippen molar-refractivity contribution in [3.8, 4) is 0 Å². The number of halogens is 1. The van der Waals surface area contributed by atoms with Crippen molar-refractivity contribution in [3.05, 3.63) is 22.8 Å². The number of pyridine rings is 1. The predicted molar refractivity (Wildman–Crippen MR) is 72.1 cm³/mol. The van der Waals surface area contributed by atoms with E-state index in [0.29, 0.717) is 22.9 Å². The van der Waals surface area contributed by atoms with E-state index in [4.69, 9.17) is 11.6 Å². The van der Waals surface area contributed by atoms with Crippen LogP contribution < -0.4 is 5.32 Å². The van der Waals surface area contributed by atoms with Crippen LogP contribution in [0.3, 0.4) is 0 Å². The van der Waals surface area contributed by atoms with Gasteiger partial charge < -0.3 is 15.3 Å². The fourth-order valence-corrected chi connectivity index (χ4v) is 1.75. The van der Waals surface area contributed by atoms with Crippen LogP contribution in [0.1, 0.15) is 24.2 Å². The summed E-state index contributed by atoms with van der Waals surface area (Å²) in [5, 5.41) is 12.6. The van der Waals surface area contributed by atoms with Crippen molar-refractivity contribution < 1.29 is 9.90 Å². The average molecular weight is 272 g/mol. The van der Waals surface area contributed by atoms with Crippen LogP contribution in [-0.2, 0) is 0 Å². The first-order chi connectivity index (χ1) is 8.45. The maximum atomic E-state index is 12.1. The van der Waals surface area contributed by atoms with Crippen molar-refractivity contribution in [2.24, 2.45) is 0 Å². The number of nitrogens with zero attached hydrogens (tertiary/aromatic N) is 2. The van der Waals surface area contributed by atoms with Crippen LogP contribution in [0.4, 0.5) is 5.82 Å². The number of likely N-dealkylation sites (N-methyl/N-ethyl adjacent to an activating group) is 1. The molecule has 1 heterocycles. The molecule has 0 radical (unpaired) electrons. The molecule has 1 rings (SSSR count). The summed E-state index contributed by atoms with van der Waals surface area (Å²) in [6, 6.07) is 1.62. The van der Waals surface area contributed by atoms with Gasteiger partial charge in [0.15, 0.2) is 0 Å². The minimum atomic E-state index is -0.576. The fourth-order valence-electron chi connectivity index (χ4n) is 1.57. The van der Waals surface area contributed by atoms with Gasteiger partial charge in [0, 0.05) is 26.3 Å². The summed E-state index contributed by atoms with van der Waals surface area (Å²) in [7, 11) is 1.62. The van der Waals surface area contributed by atoms with Gasteiger partial charge >= 0.3 is 0 Å². The van der Waals surface area contributed by atoms with Gasteiger partial charge in [0.25, 0.3) is 5.91 Å². The first-order valence-electron chi connectivity index (χ1n) is 5.78. The predicted octanol–water partition coefficient (Wildman–Crippen LogP) is 1.62. The Hall–Kier alpha value is -1.33. The van der Waals surface area contributed by atoms with E-state index >= 15 is 0 Å². The molecule has 0 aliphatic rings. The van der Waals surface area contributed by atoms with Gasteiger partial charge in [-0.25, -0.2) is 4.98 Å². The van der Waals surface area contributed by atoms with E-state index in [-0.39, 0.29) is 12.5 Å². The lowest BCUT2D eigenvalue weighted by Crippen LogP contribution is -2.33. The summed E-state index contributed by atoms with van der Waals surface area (Å²) in [6.45, 7) is 4.54. The number of hydrogen-bond acceptors (Lipinski definition) is 4. The van der Waals surface area contributed by atoms with Crippen LogP contribution in [-0.4, -0.2) is 47.1 Å². The second-order valence-corrected chi connectivity index (χ2v) is 4.52. The van der Waals surface area contributed by atoms with E-state index in [0.717, 1.165) is 0 Å². The molecule has 5 nitrogen and oxygen atoms in total. The van der Waals surface area contributed by atoms with Crippen LogP contribution in [0.15, 0.2) is 12.3 Å². The highest BCUT2D eigenvalue weighted by molar-refractivity contribution is 6.33. The Balaban J connectivity index is 2.93. The molecule has 0 spiro atoms. The summed E-state index contributed by atoms with van der Waals surface area (Å²) >= 11 is 5.97. The number of hydrogen-bond donors (Lipinski definition) is 2. The standard InChI is InChI=1S/C12H18ClN3O2/c1-4-14-11-5-9(10(13)6-15-11)12(18)16(3)7-8(2)17/h5-6,8,17H,4,7H2,1-3H3,(H,14,15). The van der Waals surface area contributed by atoms with Crippen LogP contribution in [0.5, 0.6) is 0 Å². The lowest BCUT2D eigenvalue weighted by Gasteiger charge is -2.19. The minimum Gasteiger partial charge on any atom is -0.392 e. The van der Waals surface area contributed by atoms with Gasteiger partial charge in [-0.3, -0.25) is 4.79 Å². The molecule has 0 aromatic carbocycles. The average Bonchev–Trinajstić information content (AvgIpc) is 2.30. The van der Waals surface area contributed by atoms with E-state index < -0.39 is 6.10 Å². The topological polar surface area (TPSA) is 65.5 Å². The maximum Gasteiger partial charge on any atom is 0.255 e. The summed E-state index contributed by atoms with van der Waals surface area (Å²) in [5.74, 6) is 0.373. The van der Waals surface area contributed by atoms with Crippen molar-refractivity contribution >= 4 is 23.3 Å². The second-order valence-electron chi connectivity index (χ2n) is 4.11. The van der Waals surface area contributed by atoms with Crippen molar-refractivity contribution in [2.75, 3.05) is 25.5 Å². The number of nitrogens with one attached hydrogen (secondary N) is 1. The minimum absolute atomic E-state index is 0.234. The third-order valence-corrected chi connectivity index (χ3v) is 2.63. The van der Waals surface area contributed by atoms with Crippen LogP contribution in [0.25, 0.3) is 0 Å². The molecule has 0 saturated carbocycles. The summed E-state index contributed by atoms with van der Waals surface area (Å²) in [6.07, 6.45) is 0.871. The molecule has 18 heavy (non-hydrogen) atoms. The Labute approximate surface area is 112 Å². The van der Waals surface area contributed by atoms with Crippen molar-refractivity contribution in [3.63, 3.8) is 0 Å². The Morgan fingerprint density at radius 2 is 2.33 bits per heavy atom. The number of rotatable bonds is 5. The van der Waals surface area contributed by atoms with E-state index in [1.54, 1.807) is 20.0 Å². The quantitative estimate of drug-likeness (QED) is 0.854. The SMILES string of the molecule is CCNc1cc(C(=O)N(C)CC(C)O)c(Cl)cn1. The lowest BCUT2D eigenvalue weighted by molar-refractivity contribution is 0.0704. The van der Waals surface area contributed by atoms with Gasteiger partial charge in [-0.2, -0.15) is 0 Å². The molecule has 1 atom stereocenters. The lowest BCUT2D eigenvalue weighted by atomic mass is 10.2. The zero-order valence-corrected chi connectivity index (χ0v) is 11.5. The number of carbonyl (C=O) groups excluding carboxylic acids is 1. The van der Waals surface area contributed by atoms with E-state index in [2.05, 4.69) is 10.3 Å². The van der Waals surface area contributed by atoms with Crippen LogP contribution in [0.2, 0.25) is 5.02 Å². The molecule has 2 N–H and O–H groups in total. The largest absolute Gasteiger partial charge is 0.392 e. The molecule has 0 saturated heterocycles. The first-order valence-corrected chi connectivity index (χ1v) is 6.16. The van der Waals surface area contributed by atoms with Gasteiger partial charge in [-0.05, 0) is 19.9 Å². The monoisotopic (exact) mass is 271 g/mol. The van der Waals surface area contributed by atoms with Gasteiger partial charge in [0.2, 0.25) is 0 Å². The molecule has 1 amide bonds. The molecular weight excluding hydrogens is 254 g/mol. The number of aromatic nitrogens is 1. The molecule has 1 unspecified atom stereocenters. The maximum absolute atomic E-state index is 12.1. The summed E-state index contributed by atoms with van der Waals surface area (Å²) in [4.78, 5) is 17.6. The third-order valence-electron chi connectivity index (χ3n) is 2.33. The number of anilines is 1. The molecule has 0 aliphatic carbocycles. The van der Waals surface area contributed by atoms with E-state index in [1.807, 2.05) is 6.92 Å². The smallest absolute Gasteiger partial charge is 0.255 e. The van der Waals surface area contributed by atoms with Gasteiger partial charge in [-0.15, -0.1) is 0 Å². The highest BCUT2D eigenvalue weighted by atomic mass is 35.5. The second kappa shape index (κ2) is 6.56. The Bertz CT molecular complexity index is 424. The molecular formula is C12H18ClN3O2. The molecule has 100 valence electrons. The summed E-state index contributed by atoms with van der Waals surface area (Å²) in [5.41, 5.74) is 0.380. The zero-order valence-electron chi connectivity index (χ0n) is 10.8. The molecule has 0 bridgehead atoms. The number of aliphatic hydroxyl groups is 1. The Kier molecular flexibility index (Phi) is 5.37.